The first-order chi connectivity index (χ1) is 16.5. The predicted octanol–water partition coefficient (Wildman–Crippen LogP) is 4.65. The van der Waals surface area contributed by atoms with Crippen LogP contribution in [0.5, 0.6) is 11.5 Å². The zero-order valence-corrected chi connectivity index (χ0v) is 20.7. The van der Waals surface area contributed by atoms with Gasteiger partial charge in [-0.25, -0.2) is 9.78 Å². The van der Waals surface area contributed by atoms with Crippen molar-refractivity contribution in [2.45, 2.75) is 38.0 Å². The van der Waals surface area contributed by atoms with Gasteiger partial charge in [-0.3, -0.25) is 4.79 Å². The molecule has 0 spiro atoms. The summed E-state index contributed by atoms with van der Waals surface area (Å²) >= 11 is 3.46. The van der Waals surface area contributed by atoms with Crippen molar-refractivity contribution in [3.8, 4) is 11.5 Å². The average molecular weight is 528 g/mol. The fourth-order valence-corrected chi connectivity index (χ4v) is 4.72. The van der Waals surface area contributed by atoms with Crippen molar-refractivity contribution in [3.05, 3.63) is 62.6 Å². The molecule has 0 radical (unpaired) electrons. The standard InChI is InChI=1S/C25H26BrN3O5/c1-32-21-13-16(12-19(26)23(21)34-15-22(30)33-2)14-27-29-24(17-8-4-3-5-9-17)28-20-11-7-6-10-18(20)25(29)31/h6-7,10-14,17H,3-5,8-9,15H2,1-2H3. The third-order valence-electron chi connectivity index (χ3n) is 5.89. The van der Waals surface area contributed by atoms with E-state index in [9.17, 15) is 9.59 Å². The Morgan fingerprint density at radius 2 is 1.97 bits per heavy atom. The van der Waals surface area contributed by atoms with Gasteiger partial charge < -0.3 is 14.2 Å². The number of fused-ring (bicyclic) bond motifs is 1. The van der Waals surface area contributed by atoms with Gasteiger partial charge in [-0.15, -0.1) is 0 Å². The van der Waals surface area contributed by atoms with Gasteiger partial charge in [-0.2, -0.15) is 9.78 Å². The van der Waals surface area contributed by atoms with Crippen LogP contribution in [0.2, 0.25) is 0 Å². The molecule has 9 heteroatoms. The lowest BCUT2D eigenvalue weighted by molar-refractivity contribution is -0.142. The molecule has 0 saturated heterocycles. The van der Waals surface area contributed by atoms with Crippen molar-refractivity contribution in [3.63, 3.8) is 0 Å². The van der Waals surface area contributed by atoms with Gasteiger partial charge in [-0.1, -0.05) is 31.4 Å². The van der Waals surface area contributed by atoms with Gasteiger partial charge in [0.15, 0.2) is 18.1 Å². The summed E-state index contributed by atoms with van der Waals surface area (Å²) in [7, 11) is 2.80. The Bertz CT molecular complexity index is 1280. The van der Waals surface area contributed by atoms with E-state index < -0.39 is 5.97 Å². The van der Waals surface area contributed by atoms with Gasteiger partial charge in [0.25, 0.3) is 5.56 Å². The monoisotopic (exact) mass is 527 g/mol. The van der Waals surface area contributed by atoms with Crippen LogP contribution in [0.15, 0.2) is 50.8 Å². The number of hydrogen-bond acceptors (Lipinski definition) is 7. The number of ether oxygens (including phenoxy) is 3. The highest BCUT2D eigenvalue weighted by Gasteiger charge is 2.22. The second kappa shape index (κ2) is 10.8. The third kappa shape index (κ3) is 5.14. The molecule has 0 N–H and O–H groups in total. The Hall–Kier alpha value is -3.20. The van der Waals surface area contributed by atoms with Crippen molar-refractivity contribution in [1.82, 2.24) is 9.66 Å². The number of esters is 1. The molecule has 1 aliphatic carbocycles. The first-order valence-electron chi connectivity index (χ1n) is 11.1. The van der Waals surface area contributed by atoms with Crippen LogP contribution in [0, 0.1) is 0 Å². The Morgan fingerprint density at radius 3 is 2.71 bits per heavy atom. The van der Waals surface area contributed by atoms with Crippen LogP contribution in [0.1, 0.15) is 49.4 Å². The molecular weight excluding hydrogens is 502 g/mol. The van der Waals surface area contributed by atoms with Gasteiger partial charge in [0.1, 0.15) is 5.82 Å². The number of benzene rings is 2. The molecule has 0 unspecified atom stereocenters. The van der Waals surface area contributed by atoms with Crippen LogP contribution in [0.4, 0.5) is 0 Å². The minimum atomic E-state index is -0.502. The van der Waals surface area contributed by atoms with E-state index in [2.05, 4.69) is 25.8 Å². The van der Waals surface area contributed by atoms with E-state index in [-0.39, 0.29) is 18.1 Å². The fraction of sp³-hybridized carbons (Fsp3) is 0.360. The summed E-state index contributed by atoms with van der Waals surface area (Å²) in [4.78, 5) is 29.6. The summed E-state index contributed by atoms with van der Waals surface area (Å²) in [6.07, 6.45) is 7.03. The number of methoxy groups -OCH3 is 2. The summed E-state index contributed by atoms with van der Waals surface area (Å²) in [5.41, 5.74) is 1.19. The van der Waals surface area contributed by atoms with Crippen LogP contribution in [-0.2, 0) is 9.53 Å². The Morgan fingerprint density at radius 1 is 1.21 bits per heavy atom. The quantitative estimate of drug-likeness (QED) is 0.328. The van der Waals surface area contributed by atoms with Gasteiger partial charge in [-0.05, 0) is 58.6 Å². The van der Waals surface area contributed by atoms with Crippen LogP contribution in [0.3, 0.4) is 0 Å². The smallest absolute Gasteiger partial charge is 0.343 e. The van der Waals surface area contributed by atoms with Crippen molar-refractivity contribution in [2.24, 2.45) is 5.10 Å². The SMILES string of the molecule is COC(=O)COc1c(Br)cc(C=Nn2c(C3CCCCC3)nc3ccccc3c2=O)cc1OC. The maximum atomic E-state index is 13.3. The molecule has 0 bridgehead atoms. The second-order valence-corrected chi connectivity index (χ2v) is 8.94. The highest BCUT2D eigenvalue weighted by Crippen LogP contribution is 2.36. The number of halogens is 1. The van der Waals surface area contributed by atoms with E-state index in [1.165, 1.54) is 25.3 Å². The lowest BCUT2D eigenvalue weighted by Gasteiger charge is -2.22. The van der Waals surface area contributed by atoms with E-state index in [0.29, 0.717) is 38.3 Å². The van der Waals surface area contributed by atoms with Crippen molar-refractivity contribution in [1.29, 1.82) is 0 Å². The van der Waals surface area contributed by atoms with Gasteiger partial charge >= 0.3 is 5.97 Å². The summed E-state index contributed by atoms with van der Waals surface area (Å²) in [5, 5.41) is 5.09. The molecular formula is C25H26BrN3O5. The first kappa shape index (κ1) is 23.9. The van der Waals surface area contributed by atoms with Crippen molar-refractivity contribution in [2.75, 3.05) is 20.8 Å². The first-order valence-corrected chi connectivity index (χ1v) is 11.9. The zero-order valence-electron chi connectivity index (χ0n) is 19.1. The molecule has 3 aromatic rings. The molecule has 0 amide bonds. The number of para-hydroxylation sites is 1. The molecule has 8 nitrogen and oxygen atoms in total. The summed E-state index contributed by atoms with van der Waals surface area (Å²) in [5.74, 6) is 1.18. The molecule has 1 fully saturated rings. The topological polar surface area (TPSA) is 92.0 Å². The van der Waals surface area contributed by atoms with E-state index >= 15 is 0 Å². The van der Waals surface area contributed by atoms with E-state index in [1.54, 1.807) is 24.4 Å². The molecule has 1 aromatic heterocycles. The highest BCUT2D eigenvalue weighted by molar-refractivity contribution is 9.10. The number of carbonyl (C=O) groups is 1. The van der Waals surface area contributed by atoms with E-state index in [4.69, 9.17) is 14.5 Å². The number of aromatic nitrogens is 2. The maximum absolute atomic E-state index is 13.3. The number of nitrogens with zero attached hydrogens (tertiary/aromatic N) is 3. The van der Waals surface area contributed by atoms with Gasteiger partial charge in [0.05, 0.1) is 35.8 Å². The molecule has 1 saturated carbocycles. The van der Waals surface area contributed by atoms with E-state index in [1.807, 2.05) is 18.2 Å². The maximum Gasteiger partial charge on any atom is 0.343 e. The Labute approximate surface area is 205 Å². The molecule has 1 aliphatic rings. The Kier molecular flexibility index (Phi) is 7.62. The van der Waals surface area contributed by atoms with Crippen LogP contribution in [0.25, 0.3) is 10.9 Å². The molecule has 4 rings (SSSR count). The predicted molar refractivity (Wildman–Crippen MR) is 133 cm³/mol. The van der Waals surface area contributed by atoms with Crippen molar-refractivity contribution < 1.29 is 19.0 Å². The molecule has 0 aliphatic heterocycles. The number of rotatable bonds is 7. The van der Waals surface area contributed by atoms with Gasteiger partial charge in [0.2, 0.25) is 0 Å². The fourth-order valence-electron chi connectivity index (χ4n) is 4.15. The van der Waals surface area contributed by atoms with Crippen molar-refractivity contribution >= 4 is 39.0 Å². The molecule has 2 aromatic carbocycles. The summed E-state index contributed by atoms with van der Waals surface area (Å²) in [6.45, 7) is -0.248. The largest absolute Gasteiger partial charge is 0.493 e. The molecule has 1 heterocycles. The lowest BCUT2D eigenvalue weighted by atomic mass is 9.88. The summed E-state index contributed by atoms with van der Waals surface area (Å²) < 4.78 is 17.6. The van der Waals surface area contributed by atoms with Gasteiger partial charge in [0, 0.05) is 5.92 Å². The van der Waals surface area contributed by atoms with Crippen LogP contribution in [-0.4, -0.2) is 42.7 Å². The third-order valence-corrected chi connectivity index (χ3v) is 6.47. The molecule has 178 valence electrons. The average Bonchev–Trinajstić information content (AvgIpc) is 2.87. The summed E-state index contributed by atoms with van der Waals surface area (Å²) in [6, 6.07) is 10.9. The Balaban J connectivity index is 1.73. The molecule has 0 atom stereocenters. The highest BCUT2D eigenvalue weighted by atomic mass is 79.9. The van der Waals surface area contributed by atoms with Crippen LogP contribution >= 0.6 is 15.9 Å². The number of carbonyl (C=O) groups excluding carboxylic acids is 1. The van der Waals surface area contributed by atoms with E-state index in [0.717, 1.165) is 25.7 Å². The minimum absolute atomic E-state index is 0.188. The zero-order chi connectivity index (χ0) is 24.1. The second-order valence-electron chi connectivity index (χ2n) is 8.08. The minimum Gasteiger partial charge on any atom is -0.493 e. The normalized spacial score (nSPS) is 14.4. The lowest BCUT2D eigenvalue weighted by Crippen LogP contribution is -2.25. The molecule has 34 heavy (non-hydrogen) atoms. The number of hydrogen-bond donors (Lipinski definition) is 0. The van der Waals surface area contributed by atoms with Crippen LogP contribution < -0.4 is 15.0 Å².